The van der Waals surface area contributed by atoms with E-state index in [0.717, 1.165) is 0 Å². The van der Waals surface area contributed by atoms with Gasteiger partial charge >= 0.3 is 18.4 Å². The molecule has 1 rings (SSSR count). The molecule has 11 nitrogen and oxygen atoms in total. The van der Waals surface area contributed by atoms with Crippen molar-refractivity contribution in [2.75, 3.05) is 13.2 Å². The fraction of sp³-hybridized carbons (Fsp3) is 0.500. The van der Waals surface area contributed by atoms with Gasteiger partial charge in [0.15, 0.2) is 11.5 Å². The number of hydrogen-bond donors (Lipinski definition) is 2. The maximum absolute atomic E-state index is 12.0. The largest absolute Gasteiger partial charge is 0.513 e. The standard InChI is InChI=1S/C20H28N2O9/c1-6-27-18(25)29-14-9-8-12(11-15(14)30-19(26)28-7-2)10-13(16(21)23)22-17(24)31-20(3,4)5/h8-9,11,13H,6-7,10H2,1-5H3,(H2,21,23)(H,22,24)/t13-/m0/s1. The molecule has 1 aromatic carbocycles. The number of nitrogens with one attached hydrogen (secondary N) is 1. The Labute approximate surface area is 180 Å². The fourth-order valence-corrected chi connectivity index (χ4v) is 2.23. The molecule has 0 radical (unpaired) electrons. The van der Waals surface area contributed by atoms with Crippen molar-refractivity contribution < 1.29 is 42.9 Å². The topological polar surface area (TPSA) is 152 Å². The molecular formula is C20H28N2O9. The molecule has 31 heavy (non-hydrogen) atoms. The lowest BCUT2D eigenvalue weighted by Gasteiger charge is -2.22. The molecule has 0 aliphatic rings. The smallest absolute Gasteiger partial charge is 0.444 e. The number of carbonyl (C=O) groups is 4. The maximum atomic E-state index is 12.0. The van der Waals surface area contributed by atoms with Gasteiger partial charge in [-0.3, -0.25) is 4.79 Å². The van der Waals surface area contributed by atoms with Crippen LogP contribution in [0.4, 0.5) is 14.4 Å². The third kappa shape index (κ3) is 9.70. The minimum absolute atomic E-state index is 0.0482. The monoisotopic (exact) mass is 440 g/mol. The van der Waals surface area contributed by atoms with Crippen molar-refractivity contribution in [1.82, 2.24) is 5.32 Å². The van der Waals surface area contributed by atoms with Crippen LogP contribution < -0.4 is 20.5 Å². The van der Waals surface area contributed by atoms with E-state index >= 15 is 0 Å². The van der Waals surface area contributed by atoms with Crippen LogP contribution in [0.1, 0.15) is 40.2 Å². The molecule has 1 aromatic rings. The van der Waals surface area contributed by atoms with Crippen LogP contribution in [0.2, 0.25) is 0 Å². The predicted octanol–water partition coefficient (Wildman–Crippen LogP) is 2.68. The van der Waals surface area contributed by atoms with Gasteiger partial charge in [0.25, 0.3) is 0 Å². The van der Waals surface area contributed by atoms with Crippen LogP contribution in [0.15, 0.2) is 18.2 Å². The minimum atomic E-state index is -1.11. The Balaban J connectivity index is 3.08. The molecule has 172 valence electrons. The van der Waals surface area contributed by atoms with Gasteiger partial charge in [-0.1, -0.05) is 6.07 Å². The van der Waals surface area contributed by atoms with Crippen molar-refractivity contribution >= 4 is 24.3 Å². The third-order valence-corrected chi connectivity index (χ3v) is 3.39. The van der Waals surface area contributed by atoms with E-state index in [4.69, 9.17) is 29.4 Å². The second kappa shape index (κ2) is 11.6. The molecule has 0 spiro atoms. The summed E-state index contributed by atoms with van der Waals surface area (Å²) in [5.41, 5.74) is 5.06. The Kier molecular flexibility index (Phi) is 9.58. The molecule has 0 aliphatic carbocycles. The maximum Gasteiger partial charge on any atom is 0.513 e. The van der Waals surface area contributed by atoms with E-state index in [0.29, 0.717) is 5.56 Å². The van der Waals surface area contributed by atoms with E-state index in [2.05, 4.69) is 5.32 Å². The van der Waals surface area contributed by atoms with E-state index < -0.39 is 36.0 Å². The van der Waals surface area contributed by atoms with Crippen LogP contribution in [0.25, 0.3) is 0 Å². The highest BCUT2D eigenvalue weighted by atomic mass is 16.7. The third-order valence-electron chi connectivity index (χ3n) is 3.39. The van der Waals surface area contributed by atoms with Crippen LogP contribution in [0.5, 0.6) is 11.5 Å². The van der Waals surface area contributed by atoms with Crippen LogP contribution >= 0.6 is 0 Å². The first-order valence-corrected chi connectivity index (χ1v) is 9.56. The SMILES string of the molecule is CCOC(=O)Oc1ccc(C[C@H](NC(=O)OC(C)(C)C)C(N)=O)cc1OC(=O)OCC. The summed E-state index contributed by atoms with van der Waals surface area (Å²) in [6, 6.07) is 3.08. The van der Waals surface area contributed by atoms with Crippen molar-refractivity contribution in [2.24, 2.45) is 5.73 Å². The average molecular weight is 440 g/mol. The Morgan fingerprint density at radius 3 is 2.00 bits per heavy atom. The predicted molar refractivity (Wildman–Crippen MR) is 108 cm³/mol. The lowest BCUT2D eigenvalue weighted by molar-refractivity contribution is -0.120. The number of benzene rings is 1. The highest BCUT2D eigenvalue weighted by Gasteiger charge is 2.24. The summed E-state index contributed by atoms with van der Waals surface area (Å²) in [5, 5.41) is 2.39. The molecule has 3 N–H and O–H groups in total. The second-order valence-electron chi connectivity index (χ2n) is 7.16. The quantitative estimate of drug-likeness (QED) is 0.353. The Morgan fingerprint density at radius 2 is 1.52 bits per heavy atom. The highest BCUT2D eigenvalue weighted by Crippen LogP contribution is 2.30. The van der Waals surface area contributed by atoms with Crippen molar-refractivity contribution in [1.29, 1.82) is 0 Å². The molecule has 0 bridgehead atoms. The number of primary amides is 1. The summed E-state index contributed by atoms with van der Waals surface area (Å²) in [5.74, 6) is -1.05. The van der Waals surface area contributed by atoms with E-state index in [1.165, 1.54) is 18.2 Å². The number of ether oxygens (including phenoxy) is 5. The van der Waals surface area contributed by atoms with Gasteiger partial charge in [0.2, 0.25) is 5.91 Å². The first kappa shape index (κ1) is 25.5. The first-order chi connectivity index (χ1) is 14.4. The zero-order valence-electron chi connectivity index (χ0n) is 18.2. The van der Waals surface area contributed by atoms with E-state index in [1.807, 2.05) is 0 Å². The van der Waals surface area contributed by atoms with Gasteiger partial charge in [0, 0.05) is 6.42 Å². The fourth-order valence-electron chi connectivity index (χ4n) is 2.23. The first-order valence-electron chi connectivity index (χ1n) is 9.56. The zero-order chi connectivity index (χ0) is 23.6. The molecule has 0 saturated heterocycles. The van der Waals surface area contributed by atoms with Crippen LogP contribution in [-0.2, 0) is 25.4 Å². The number of alkyl carbamates (subject to hydrolysis) is 1. The van der Waals surface area contributed by atoms with Gasteiger partial charge in [0.1, 0.15) is 11.6 Å². The number of carbonyl (C=O) groups excluding carboxylic acids is 4. The van der Waals surface area contributed by atoms with Gasteiger partial charge < -0.3 is 34.7 Å². The lowest BCUT2D eigenvalue weighted by atomic mass is 10.0. The Hall–Kier alpha value is -3.50. The van der Waals surface area contributed by atoms with Crippen molar-refractivity contribution in [2.45, 2.75) is 52.7 Å². The molecule has 0 unspecified atom stereocenters. The molecule has 0 fully saturated rings. The zero-order valence-corrected chi connectivity index (χ0v) is 18.2. The van der Waals surface area contributed by atoms with Gasteiger partial charge in [-0.05, 0) is 52.3 Å². The van der Waals surface area contributed by atoms with Gasteiger partial charge in [-0.2, -0.15) is 0 Å². The average Bonchev–Trinajstić information content (AvgIpc) is 2.62. The number of rotatable bonds is 8. The minimum Gasteiger partial charge on any atom is -0.444 e. The van der Waals surface area contributed by atoms with Crippen molar-refractivity contribution in [3.05, 3.63) is 23.8 Å². The highest BCUT2D eigenvalue weighted by molar-refractivity contribution is 5.84. The summed E-state index contributed by atoms with van der Waals surface area (Å²) in [6.07, 6.45) is -2.88. The molecule has 11 heteroatoms. The number of amides is 2. The van der Waals surface area contributed by atoms with E-state index in [-0.39, 0.29) is 31.1 Å². The van der Waals surface area contributed by atoms with E-state index in [9.17, 15) is 19.2 Å². The second-order valence-corrected chi connectivity index (χ2v) is 7.16. The van der Waals surface area contributed by atoms with Gasteiger partial charge in [0.05, 0.1) is 13.2 Å². The Morgan fingerprint density at radius 1 is 0.968 bits per heavy atom. The molecule has 0 aromatic heterocycles. The van der Waals surface area contributed by atoms with Crippen LogP contribution in [-0.4, -0.2) is 49.2 Å². The summed E-state index contributed by atoms with van der Waals surface area (Å²) in [6.45, 7) is 8.36. The van der Waals surface area contributed by atoms with Crippen molar-refractivity contribution in [3.8, 4) is 11.5 Å². The molecule has 1 atom stereocenters. The summed E-state index contributed by atoms with van der Waals surface area (Å²) in [7, 11) is 0. The number of nitrogens with two attached hydrogens (primary N) is 1. The summed E-state index contributed by atoms with van der Waals surface area (Å²) < 4.78 is 24.7. The normalized spacial score (nSPS) is 11.6. The van der Waals surface area contributed by atoms with Gasteiger partial charge in [-0.15, -0.1) is 0 Å². The van der Waals surface area contributed by atoms with E-state index in [1.54, 1.807) is 34.6 Å². The summed E-state index contributed by atoms with van der Waals surface area (Å²) >= 11 is 0. The summed E-state index contributed by atoms with van der Waals surface area (Å²) in [4.78, 5) is 47.1. The van der Waals surface area contributed by atoms with Gasteiger partial charge in [-0.25, -0.2) is 14.4 Å². The molecule has 2 amide bonds. The molecular weight excluding hydrogens is 412 g/mol. The lowest BCUT2D eigenvalue weighted by Crippen LogP contribution is -2.47. The molecule has 0 aliphatic heterocycles. The van der Waals surface area contributed by atoms with Crippen LogP contribution in [0, 0.1) is 0 Å². The van der Waals surface area contributed by atoms with Crippen molar-refractivity contribution in [3.63, 3.8) is 0 Å². The van der Waals surface area contributed by atoms with Crippen LogP contribution in [0.3, 0.4) is 0 Å². The Bertz CT molecular complexity index is 802. The molecule has 0 heterocycles. The number of hydrogen-bond acceptors (Lipinski definition) is 9. The molecule has 0 saturated carbocycles.